The summed E-state index contributed by atoms with van der Waals surface area (Å²) in [5, 5.41) is 0. The fraction of sp³-hybridized carbons (Fsp3) is 0.400. The molecule has 1 aliphatic rings. The van der Waals surface area contributed by atoms with Gasteiger partial charge in [-0.25, -0.2) is 4.39 Å². The molecule has 0 aliphatic carbocycles. The average molecular weight is 473 g/mol. The molecule has 0 saturated carbocycles. The van der Waals surface area contributed by atoms with Crippen molar-refractivity contribution in [3.8, 4) is 11.5 Å². The standard InChI is InChI=1S/C25H29FN2O6/c1-25(2,3)34-22(29)11-10-20(23(27)30)28-13-18-17(24(28)31)6-5-7-21(18)33-14-15-12-16(32-4)8-9-19(15)26/h5-9,12,20H,10-11,13-14H2,1-4H3,(H2,27,30)/t20-/m0/s1. The van der Waals surface area contributed by atoms with Crippen molar-refractivity contribution in [2.24, 2.45) is 5.73 Å². The maximum Gasteiger partial charge on any atom is 0.306 e. The molecule has 0 fully saturated rings. The molecular formula is C25H29FN2O6. The first kappa shape index (κ1) is 25.0. The van der Waals surface area contributed by atoms with Crippen molar-refractivity contribution in [2.45, 2.75) is 58.4 Å². The predicted octanol–water partition coefficient (Wildman–Crippen LogP) is 3.34. The molecule has 2 amide bonds. The van der Waals surface area contributed by atoms with E-state index in [1.54, 1.807) is 39.0 Å². The number of halogens is 1. The number of hydrogen-bond donors (Lipinski definition) is 1. The monoisotopic (exact) mass is 472 g/mol. The van der Waals surface area contributed by atoms with Crippen molar-refractivity contribution in [3.63, 3.8) is 0 Å². The highest BCUT2D eigenvalue weighted by atomic mass is 19.1. The van der Waals surface area contributed by atoms with Crippen LogP contribution in [0.2, 0.25) is 0 Å². The Bertz CT molecular complexity index is 1100. The Hall–Kier alpha value is -3.62. The van der Waals surface area contributed by atoms with Crippen molar-refractivity contribution in [1.82, 2.24) is 4.90 Å². The number of esters is 1. The van der Waals surface area contributed by atoms with E-state index in [4.69, 9.17) is 19.9 Å². The first-order valence-electron chi connectivity index (χ1n) is 10.9. The van der Waals surface area contributed by atoms with Crippen molar-refractivity contribution >= 4 is 17.8 Å². The Morgan fingerprint density at radius 1 is 1.21 bits per heavy atom. The summed E-state index contributed by atoms with van der Waals surface area (Å²) in [6, 6.07) is 8.30. The van der Waals surface area contributed by atoms with E-state index < -0.39 is 29.3 Å². The number of carbonyl (C=O) groups excluding carboxylic acids is 3. The summed E-state index contributed by atoms with van der Waals surface area (Å²) in [6.45, 7) is 5.24. The minimum Gasteiger partial charge on any atom is -0.497 e. The zero-order valence-corrected chi connectivity index (χ0v) is 19.7. The number of nitrogens with two attached hydrogens (primary N) is 1. The lowest BCUT2D eigenvalue weighted by atomic mass is 10.1. The van der Waals surface area contributed by atoms with E-state index in [0.29, 0.717) is 28.2 Å². The third-order valence-electron chi connectivity index (χ3n) is 5.34. The van der Waals surface area contributed by atoms with Crippen LogP contribution in [-0.2, 0) is 27.5 Å². The first-order chi connectivity index (χ1) is 16.0. The van der Waals surface area contributed by atoms with Crippen LogP contribution in [0.25, 0.3) is 0 Å². The van der Waals surface area contributed by atoms with E-state index in [9.17, 15) is 18.8 Å². The number of nitrogens with zero attached hydrogens (tertiary/aromatic N) is 1. The van der Waals surface area contributed by atoms with Crippen molar-refractivity contribution < 1.29 is 33.0 Å². The zero-order valence-electron chi connectivity index (χ0n) is 19.7. The topological polar surface area (TPSA) is 108 Å². The first-order valence-corrected chi connectivity index (χ1v) is 10.9. The van der Waals surface area contributed by atoms with Gasteiger partial charge in [0.05, 0.1) is 13.7 Å². The summed E-state index contributed by atoms with van der Waals surface area (Å²) in [7, 11) is 1.49. The van der Waals surface area contributed by atoms with Crippen molar-refractivity contribution in [2.75, 3.05) is 7.11 Å². The molecule has 0 unspecified atom stereocenters. The lowest BCUT2D eigenvalue weighted by Gasteiger charge is -2.26. The molecule has 2 aromatic carbocycles. The Morgan fingerprint density at radius 2 is 1.94 bits per heavy atom. The number of amides is 2. The predicted molar refractivity (Wildman–Crippen MR) is 122 cm³/mol. The molecule has 1 atom stereocenters. The normalized spacial score (nSPS) is 13.9. The highest BCUT2D eigenvalue weighted by molar-refractivity contribution is 6.01. The SMILES string of the molecule is COc1ccc(F)c(COc2cccc3c2CN([C@@H](CCC(=O)OC(C)(C)C)C(N)=O)C3=O)c1. The highest BCUT2D eigenvalue weighted by Gasteiger charge is 2.37. The van der Waals surface area contributed by atoms with Gasteiger partial charge in [-0.05, 0) is 57.5 Å². The lowest BCUT2D eigenvalue weighted by Crippen LogP contribution is -2.45. The molecule has 8 nitrogen and oxygen atoms in total. The van der Waals surface area contributed by atoms with Crippen LogP contribution in [0.1, 0.15) is 55.1 Å². The van der Waals surface area contributed by atoms with Crippen LogP contribution in [0.5, 0.6) is 11.5 Å². The van der Waals surface area contributed by atoms with Crippen LogP contribution in [0, 0.1) is 5.82 Å². The van der Waals surface area contributed by atoms with E-state index in [0.717, 1.165) is 0 Å². The Kier molecular flexibility index (Phi) is 7.44. The molecule has 0 spiro atoms. The van der Waals surface area contributed by atoms with Gasteiger partial charge >= 0.3 is 5.97 Å². The van der Waals surface area contributed by atoms with E-state index in [-0.39, 0.29) is 31.9 Å². The number of methoxy groups -OCH3 is 1. The second-order valence-corrected chi connectivity index (χ2v) is 9.00. The molecule has 9 heteroatoms. The summed E-state index contributed by atoms with van der Waals surface area (Å²) in [5.41, 5.74) is 6.15. The van der Waals surface area contributed by atoms with Gasteiger partial charge in [-0.3, -0.25) is 14.4 Å². The molecular weight excluding hydrogens is 443 g/mol. The molecule has 2 N–H and O–H groups in total. The molecule has 0 saturated heterocycles. The zero-order chi connectivity index (χ0) is 25.0. The molecule has 0 radical (unpaired) electrons. The lowest BCUT2D eigenvalue weighted by molar-refractivity contribution is -0.155. The largest absolute Gasteiger partial charge is 0.497 e. The number of benzene rings is 2. The van der Waals surface area contributed by atoms with Crippen LogP contribution in [-0.4, -0.2) is 41.4 Å². The summed E-state index contributed by atoms with van der Waals surface area (Å²) >= 11 is 0. The molecule has 3 rings (SSSR count). The van der Waals surface area contributed by atoms with E-state index in [2.05, 4.69) is 0 Å². The van der Waals surface area contributed by atoms with Gasteiger partial charge in [-0.15, -0.1) is 0 Å². The van der Waals surface area contributed by atoms with Crippen LogP contribution in [0.15, 0.2) is 36.4 Å². The van der Waals surface area contributed by atoms with Gasteiger partial charge in [-0.1, -0.05) is 6.07 Å². The molecule has 182 valence electrons. The van der Waals surface area contributed by atoms with Crippen LogP contribution >= 0.6 is 0 Å². The van der Waals surface area contributed by atoms with Gasteiger partial charge in [0.1, 0.15) is 35.6 Å². The van der Waals surface area contributed by atoms with Gasteiger partial charge in [0.15, 0.2) is 0 Å². The summed E-state index contributed by atoms with van der Waals surface area (Å²) in [4.78, 5) is 38.7. The molecule has 0 bridgehead atoms. The summed E-state index contributed by atoms with van der Waals surface area (Å²) in [5.74, 6) is -1.14. The van der Waals surface area contributed by atoms with E-state index in [1.165, 1.54) is 30.2 Å². The third-order valence-corrected chi connectivity index (χ3v) is 5.34. The molecule has 1 aliphatic heterocycles. The van der Waals surface area contributed by atoms with Crippen LogP contribution in [0.4, 0.5) is 4.39 Å². The van der Waals surface area contributed by atoms with E-state index in [1.807, 2.05) is 0 Å². The Labute approximate surface area is 197 Å². The van der Waals surface area contributed by atoms with Crippen molar-refractivity contribution in [3.05, 3.63) is 58.9 Å². The fourth-order valence-corrected chi connectivity index (χ4v) is 3.76. The third kappa shape index (κ3) is 5.84. The molecule has 0 aromatic heterocycles. The van der Waals surface area contributed by atoms with Gasteiger partial charge in [0, 0.05) is 23.1 Å². The highest BCUT2D eigenvalue weighted by Crippen LogP contribution is 2.33. The summed E-state index contributed by atoms with van der Waals surface area (Å²) in [6.07, 6.45) is -0.0291. The minimum atomic E-state index is -0.990. The second-order valence-electron chi connectivity index (χ2n) is 9.00. The summed E-state index contributed by atoms with van der Waals surface area (Å²) < 4.78 is 30.4. The second kappa shape index (κ2) is 10.1. The molecule has 1 heterocycles. The van der Waals surface area contributed by atoms with E-state index >= 15 is 0 Å². The molecule has 34 heavy (non-hydrogen) atoms. The number of fused-ring (bicyclic) bond motifs is 1. The number of carbonyl (C=O) groups is 3. The van der Waals surface area contributed by atoms with Gasteiger partial charge in [0.2, 0.25) is 5.91 Å². The number of ether oxygens (including phenoxy) is 3. The number of primary amides is 1. The smallest absolute Gasteiger partial charge is 0.306 e. The average Bonchev–Trinajstić information content (AvgIpc) is 3.09. The maximum absolute atomic E-state index is 14.2. The quantitative estimate of drug-likeness (QED) is 0.561. The van der Waals surface area contributed by atoms with Crippen LogP contribution < -0.4 is 15.2 Å². The van der Waals surface area contributed by atoms with Gasteiger partial charge < -0.3 is 24.8 Å². The fourth-order valence-electron chi connectivity index (χ4n) is 3.76. The maximum atomic E-state index is 14.2. The number of hydrogen-bond acceptors (Lipinski definition) is 6. The van der Waals surface area contributed by atoms with Gasteiger partial charge in [-0.2, -0.15) is 0 Å². The van der Waals surface area contributed by atoms with Crippen molar-refractivity contribution in [1.29, 1.82) is 0 Å². The van der Waals surface area contributed by atoms with Gasteiger partial charge in [0.25, 0.3) is 5.91 Å². The molecule has 2 aromatic rings. The number of rotatable bonds is 9. The Morgan fingerprint density at radius 3 is 2.59 bits per heavy atom. The van der Waals surface area contributed by atoms with Crippen LogP contribution in [0.3, 0.4) is 0 Å². The Balaban J connectivity index is 1.75. The minimum absolute atomic E-state index is 0.0369.